The van der Waals surface area contributed by atoms with Gasteiger partial charge < -0.3 is 9.80 Å². The second kappa shape index (κ2) is 7.84. The van der Waals surface area contributed by atoms with E-state index in [0.29, 0.717) is 19.5 Å². The van der Waals surface area contributed by atoms with Gasteiger partial charge in [-0.25, -0.2) is 4.98 Å². The maximum absolute atomic E-state index is 13.3. The molecule has 2 atom stereocenters. The molecule has 26 heavy (non-hydrogen) atoms. The first-order valence-corrected chi connectivity index (χ1v) is 9.49. The van der Waals surface area contributed by atoms with Crippen LogP contribution in [0.5, 0.6) is 0 Å². The molecule has 2 saturated heterocycles. The molecule has 0 radical (unpaired) electrons. The highest BCUT2D eigenvalue weighted by Gasteiger charge is 2.38. The molecule has 0 spiro atoms. The molecule has 144 valence electrons. The summed E-state index contributed by atoms with van der Waals surface area (Å²) < 4.78 is 39.9. The maximum Gasteiger partial charge on any atom is 0.419 e. The summed E-state index contributed by atoms with van der Waals surface area (Å²) in [5, 5.41) is 0. The molecule has 0 saturated carbocycles. The number of carbonyl (C=O) groups excluding carboxylic acids is 1. The minimum absolute atomic E-state index is 0.0526. The van der Waals surface area contributed by atoms with Gasteiger partial charge in [-0.1, -0.05) is 6.92 Å². The van der Waals surface area contributed by atoms with E-state index in [9.17, 15) is 18.0 Å². The van der Waals surface area contributed by atoms with Crippen LogP contribution in [-0.2, 0) is 11.0 Å². The van der Waals surface area contributed by atoms with E-state index in [1.807, 2.05) is 4.90 Å². The molecule has 1 aromatic rings. The quantitative estimate of drug-likeness (QED) is 0.805. The first kappa shape index (κ1) is 19.0. The van der Waals surface area contributed by atoms with Crippen LogP contribution in [0.3, 0.4) is 0 Å². The number of alkyl halides is 3. The number of halogens is 3. The van der Waals surface area contributed by atoms with E-state index in [1.54, 1.807) is 4.90 Å². The lowest BCUT2D eigenvalue weighted by Crippen LogP contribution is -2.50. The SMILES string of the molecule is CCC1CCCCN1C(=O)C1CCCN(c2ncccc2C(F)(F)F)C1. The van der Waals surface area contributed by atoms with Crippen molar-refractivity contribution in [2.75, 3.05) is 24.5 Å². The summed E-state index contributed by atoms with van der Waals surface area (Å²) >= 11 is 0. The van der Waals surface area contributed by atoms with Gasteiger partial charge in [0.25, 0.3) is 0 Å². The molecule has 4 nitrogen and oxygen atoms in total. The van der Waals surface area contributed by atoms with E-state index in [2.05, 4.69) is 11.9 Å². The van der Waals surface area contributed by atoms with Crippen LogP contribution in [0.15, 0.2) is 18.3 Å². The van der Waals surface area contributed by atoms with Gasteiger partial charge in [0, 0.05) is 31.9 Å². The van der Waals surface area contributed by atoms with E-state index >= 15 is 0 Å². The third-order valence-electron chi connectivity index (χ3n) is 5.54. The molecule has 7 heteroatoms. The molecular formula is C19H26F3N3O. The van der Waals surface area contributed by atoms with Crippen molar-refractivity contribution in [1.29, 1.82) is 0 Å². The number of likely N-dealkylation sites (tertiary alicyclic amines) is 1. The van der Waals surface area contributed by atoms with Crippen LogP contribution >= 0.6 is 0 Å². The summed E-state index contributed by atoms with van der Waals surface area (Å²) in [6, 6.07) is 2.64. The van der Waals surface area contributed by atoms with E-state index in [-0.39, 0.29) is 23.7 Å². The van der Waals surface area contributed by atoms with Crippen molar-refractivity contribution >= 4 is 11.7 Å². The minimum Gasteiger partial charge on any atom is -0.355 e. The Morgan fingerprint density at radius 1 is 1.23 bits per heavy atom. The number of hydrogen-bond acceptors (Lipinski definition) is 3. The van der Waals surface area contributed by atoms with E-state index in [1.165, 1.54) is 12.3 Å². The normalized spacial score (nSPS) is 24.6. The second-order valence-electron chi connectivity index (χ2n) is 7.25. The van der Waals surface area contributed by atoms with Gasteiger partial charge in [-0.2, -0.15) is 13.2 Å². The van der Waals surface area contributed by atoms with Crippen molar-refractivity contribution in [3.05, 3.63) is 23.9 Å². The molecule has 2 unspecified atom stereocenters. The van der Waals surface area contributed by atoms with Crippen molar-refractivity contribution in [2.45, 2.75) is 57.7 Å². The Hall–Kier alpha value is -1.79. The van der Waals surface area contributed by atoms with Crippen molar-refractivity contribution in [3.8, 4) is 0 Å². The summed E-state index contributed by atoms with van der Waals surface area (Å²) in [7, 11) is 0. The molecule has 2 fully saturated rings. The Morgan fingerprint density at radius 3 is 2.77 bits per heavy atom. The molecule has 0 aromatic carbocycles. The molecule has 0 bridgehead atoms. The van der Waals surface area contributed by atoms with Gasteiger partial charge in [-0.15, -0.1) is 0 Å². The molecule has 1 aromatic heterocycles. The Bertz CT molecular complexity index is 635. The van der Waals surface area contributed by atoms with E-state index in [0.717, 1.165) is 44.7 Å². The van der Waals surface area contributed by atoms with Gasteiger partial charge in [0.2, 0.25) is 5.91 Å². The van der Waals surface area contributed by atoms with Crippen LogP contribution in [-0.4, -0.2) is 41.5 Å². The Kier molecular flexibility index (Phi) is 5.73. The number of piperidine rings is 2. The fourth-order valence-electron chi connectivity index (χ4n) is 4.19. The van der Waals surface area contributed by atoms with Gasteiger partial charge in [-0.3, -0.25) is 4.79 Å². The zero-order valence-corrected chi connectivity index (χ0v) is 15.1. The first-order chi connectivity index (χ1) is 12.4. The zero-order chi connectivity index (χ0) is 18.7. The third kappa shape index (κ3) is 3.96. The lowest BCUT2D eigenvalue weighted by molar-refractivity contribution is -0.139. The predicted molar refractivity (Wildman–Crippen MR) is 93.8 cm³/mol. The molecule has 3 heterocycles. The summed E-state index contributed by atoms with van der Waals surface area (Å²) in [5.41, 5.74) is -0.725. The van der Waals surface area contributed by atoms with Crippen LogP contribution in [0.1, 0.15) is 51.0 Å². The topological polar surface area (TPSA) is 36.4 Å². The molecule has 0 N–H and O–H groups in total. The minimum atomic E-state index is -4.44. The highest BCUT2D eigenvalue weighted by atomic mass is 19.4. The van der Waals surface area contributed by atoms with Gasteiger partial charge in [-0.05, 0) is 50.7 Å². The largest absolute Gasteiger partial charge is 0.419 e. The molecular weight excluding hydrogens is 343 g/mol. The van der Waals surface area contributed by atoms with Crippen molar-refractivity contribution < 1.29 is 18.0 Å². The van der Waals surface area contributed by atoms with Crippen LogP contribution in [0, 0.1) is 5.92 Å². The third-order valence-corrected chi connectivity index (χ3v) is 5.54. The number of anilines is 1. The molecule has 2 aliphatic rings. The van der Waals surface area contributed by atoms with Crippen LogP contribution in [0.2, 0.25) is 0 Å². The average molecular weight is 369 g/mol. The number of aromatic nitrogens is 1. The Labute approximate surface area is 152 Å². The molecule has 3 rings (SSSR count). The number of nitrogens with zero attached hydrogens (tertiary/aromatic N) is 3. The van der Waals surface area contributed by atoms with Crippen molar-refractivity contribution in [3.63, 3.8) is 0 Å². The molecule has 2 aliphatic heterocycles. The van der Waals surface area contributed by atoms with E-state index < -0.39 is 11.7 Å². The lowest BCUT2D eigenvalue weighted by Gasteiger charge is -2.40. The number of amides is 1. The van der Waals surface area contributed by atoms with Gasteiger partial charge >= 0.3 is 6.18 Å². The van der Waals surface area contributed by atoms with Crippen LogP contribution in [0.25, 0.3) is 0 Å². The monoisotopic (exact) mass is 369 g/mol. The highest BCUT2D eigenvalue weighted by molar-refractivity contribution is 5.80. The number of rotatable bonds is 3. The second-order valence-corrected chi connectivity index (χ2v) is 7.25. The Balaban J connectivity index is 1.77. The van der Waals surface area contributed by atoms with Crippen molar-refractivity contribution in [2.24, 2.45) is 5.92 Å². The van der Waals surface area contributed by atoms with Gasteiger partial charge in [0.05, 0.1) is 11.5 Å². The standard InChI is InChI=1S/C19H26F3N3O/c1-2-15-8-3-4-12-25(15)18(26)14-7-6-11-24(13-14)17-16(19(20,21)22)9-5-10-23-17/h5,9-10,14-15H,2-4,6-8,11-13H2,1H3. The predicted octanol–water partition coefficient (Wildman–Crippen LogP) is 4.11. The Morgan fingerprint density at radius 2 is 2.04 bits per heavy atom. The van der Waals surface area contributed by atoms with Crippen LogP contribution < -0.4 is 4.90 Å². The lowest BCUT2D eigenvalue weighted by atomic mass is 9.92. The van der Waals surface area contributed by atoms with Crippen LogP contribution in [0.4, 0.5) is 19.0 Å². The highest BCUT2D eigenvalue weighted by Crippen LogP contribution is 2.37. The maximum atomic E-state index is 13.3. The summed E-state index contributed by atoms with van der Waals surface area (Å²) in [6.07, 6.45) is 2.48. The number of hydrogen-bond donors (Lipinski definition) is 0. The van der Waals surface area contributed by atoms with Crippen molar-refractivity contribution in [1.82, 2.24) is 9.88 Å². The molecule has 0 aliphatic carbocycles. The van der Waals surface area contributed by atoms with Gasteiger partial charge in [0.15, 0.2) is 0 Å². The smallest absolute Gasteiger partial charge is 0.355 e. The van der Waals surface area contributed by atoms with E-state index in [4.69, 9.17) is 0 Å². The summed E-state index contributed by atoms with van der Waals surface area (Å²) in [5.74, 6) is -0.201. The van der Waals surface area contributed by atoms with Gasteiger partial charge in [0.1, 0.15) is 5.82 Å². The number of carbonyl (C=O) groups is 1. The fourth-order valence-corrected chi connectivity index (χ4v) is 4.19. The summed E-state index contributed by atoms with van der Waals surface area (Å²) in [6.45, 7) is 3.67. The summed E-state index contributed by atoms with van der Waals surface area (Å²) in [4.78, 5) is 20.6. The average Bonchev–Trinajstić information content (AvgIpc) is 2.67. The first-order valence-electron chi connectivity index (χ1n) is 9.49. The number of pyridine rings is 1. The fraction of sp³-hybridized carbons (Fsp3) is 0.684. The molecule has 1 amide bonds. The zero-order valence-electron chi connectivity index (χ0n) is 15.1.